The van der Waals surface area contributed by atoms with E-state index in [0.717, 1.165) is 35.3 Å². The molecule has 4 aromatic rings. The van der Waals surface area contributed by atoms with Gasteiger partial charge in [0, 0.05) is 18.0 Å². The fourth-order valence-electron chi connectivity index (χ4n) is 5.14. The Kier molecular flexibility index (Phi) is 10.6. The number of allylic oxidation sites excluding steroid dienone is 2. The number of hydrogen-bond donors (Lipinski definition) is 2. The number of carboxylic acid groups (broad SMARTS) is 1. The van der Waals surface area contributed by atoms with Gasteiger partial charge in [-0.25, -0.2) is 4.79 Å². The highest BCUT2D eigenvalue weighted by atomic mass is 16.5. The first-order valence-electron chi connectivity index (χ1n) is 14.8. The maximum absolute atomic E-state index is 12.6. The van der Waals surface area contributed by atoms with Crippen LogP contribution >= 0.6 is 0 Å². The van der Waals surface area contributed by atoms with E-state index in [2.05, 4.69) is 46.0 Å². The van der Waals surface area contributed by atoms with Crippen molar-refractivity contribution < 1.29 is 19.4 Å². The van der Waals surface area contributed by atoms with Gasteiger partial charge in [-0.05, 0) is 104 Å². The highest BCUT2D eigenvalue weighted by Crippen LogP contribution is 2.27. The molecule has 0 aliphatic carbocycles. The summed E-state index contributed by atoms with van der Waals surface area (Å²) in [7, 11) is 0. The summed E-state index contributed by atoms with van der Waals surface area (Å²) in [5.74, 6) is 0.362. The summed E-state index contributed by atoms with van der Waals surface area (Å²) in [6, 6.07) is 29.1. The van der Waals surface area contributed by atoms with Gasteiger partial charge in [0.25, 0.3) is 5.91 Å². The molecule has 0 saturated carbocycles. The first-order valence-corrected chi connectivity index (χ1v) is 14.8. The van der Waals surface area contributed by atoms with E-state index in [1.807, 2.05) is 72.8 Å². The van der Waals surface area contributed by atoms with Gasteiger partial charge >= 0.3 is 5.97 Å². The summed E-state index contributed by atoms with van der Waals surface area (Å²) in [6.07, 6.45) is 1.92. The van der Waals surface area contributed by atoms with Crippen molar-refractivity contribution in [2.24, 2.45) is 5.92 Å². The van der Waals surface area contributed by atoms with Crippen LogP contribution in [0.4, 0.5) is 0 Å². The number of para-hydroxylation sites is 1. The molecule has 2 N–H and O–H groups in total. The molecule has 5 rings (SSSR count). The average molecular weight is 576 g/mol. The van der Waals surface area contributed by atoms with Crippen molar-refractivity contribution in [3.8, 4) is 16.9 Å². The number of hydrogen-bond acceptors (Lipinski definition) is 3. The molecule has 0 saturated heterocycles. The van der Waals surface area contributed by atoms with E-state index in [9.17, 15) is 9.59 Å². The minimum atomic E-state index is -0.889. The van der Waals surface area contributed by atoms with Gasteiger partial charge in [-0.15, -0.1) is 0 Å². The molecule has 0 bridgehead atoms. The number of aryl methyl sites for hydroxylation is 2. The number of carboxylic acids is 1. The molecule has 0 spiro atoms. The van der Waals surface area contributed by atoms with Crippen molar-refractivity contribution in [2.45, 2.75) is 47.5 Å². The smallest absolute Gasteiger partial charge is 0.336 e. The van der Waals surface area contributed by atoms with Gasteiger partial charge in [-0.1, -0.05) is 79.2 Å². The first-order chi connectivity index (χ1) is 20.7. The van der Waals surface area contributed by atoms with E-state index in [4.69, 9.17) is 9.84 Å². The number of carbonyl (C=O) groups is 2. The minimum Gasteiger partial charge on any atom is -0.493 e. The van der Waals surface area contributed by atoms with Crippen LogP contribution in [-0.4, -0.2) is 30.1 Å². The summed E-state index contributed by atoms with van der Waals surface area (Å²) in [5.41, 5.74) is 10.1. The fourth-order valence-corrected chi connectivity index (χ4v) is 5.14. The lowest BCUT2D eigenvalue weighted by Crippen LogP contribution is -2.34. The number of rotatable bonds is 7. The topological polar surface area (TPSA) is 75.6 Å². The molecule has 5 heteroatoms. The Morgan fingerprint density at radius 1 is 0.884 bits per heavy atom. The number of benzene rings is 4. The third-order valence-electron chi connectivity index (χ3n) is 7.99. The monoisotopic (exact) mass is 575 g/mol. The molecule has 1 unspecified atom stereocenters. The number of amides is 1. The van der Waals surface area contributed by atoms with Crippen LogP contribution in [0.5, 0.6) is 5.75 Å². The van der Waals surface area contributed by atoms with Crippen LogP contribution in [0.25, 0.3) is 16.7 Å². The van der Waals surface area contributed by atoms with Gasteiger partial charge in [-0.2, -0.15) is 0 Å². The van der Waals surface area contributed by atoms with Crippen LogP contribution in [0.3, 0.4) is 0 Å². The lowest BCUT2D eigenvalue weighted by Gasteiger charge is -2.25. The van der Waals surface area contributed by atoms with Crippen LogP contribution in [-0.2, 0) is 12.8 Å². The van der Waals surface area contributed by atoms with Crippen molar-refractivity contribution in [3.05, 3.63) is 130 Å². The largest absolute Gasteiger partial charge is 0.493 e. The van der Waals surface area contributed by atoms with Crippen LogP contribution in [0.1, 0.15) is 70.7 Å². The summed E-state index contributed by atoms with van der Waals surface area (Å²) >= 11 is 0. The molecular formula is C38H41NO4. The predicted octanol–water partition coefficient (Wildman–Crippen LogP) is 8.40. The Bertz CT molecular complexity index is 1610. The maximum atomic E-state index is 12.6. The van der Waals surface area contributed by atoms with Crippen molar-refractivity contribution in [2.75, 3.05) is 13.2 Å². The Hall–Kier alpha value is -4.64. The predicted molar refractivity (Wildman–Crippen MR) is 175 cm³/mol. The minimum absolute atomic E-state index is 0.0216. The first kappa shape index (κ1) is 31.3. The Morgan fingerprint density at radius 3 is 2.28 bits per heavy atom. The highest BCUT2D eigenvalue weighted by Gasteiger charge is 2.20. The van der Waals surface area contributed by atoms with E-state index < -0.39 is 5.97 Å². The molecule has 0 radical (unpaired) electrons. The molecule has 1 aliphatic rings. The van der Waals surface area contributed by atoms with E-state index in [-0.39, 0.29) is 5.91 Å². The second kappa shape index (κ2) is 14.5. The van der Waals surface area contributed by atoms with Gasteiger partial charge in [0.2, 0.25) is 0 Å². The molecule has 4 aromatic carbocycles. The fraction of sp³-hybridized carbons (Fsp3) is 0.263. The Labute approximate surface area is 255 Å². The van der Waals surface area contributed by atoms with E-state index >= 15 is 0 Å². The Morgan fingerprint density at radius 2 is 1.58 bits per heavy atom. The summed E-state index contributed by atoms with van der Waals surface area (Å²) in [6.45, 7) is 11.8. The van der Waals surface area contributed by atoms with Crippen LogP contribution in [0, 0.1) is 12.8 Å². The normalized spacial score (nSPS) is 13.5. The van der Waals surface area contributed by atoms with Crippen molar-refractivity contribution in [3.63, 3.8) is 0 Å². The van der Waals surface area contributed by atoms with Crippen molar-refractivity contribution >= 4 is 17.4 Å². The van der Waals surface area contributed by atoms with Crippen LogP contribution < -0.4 is 10.1 Å². The summed E-state index contributed by atoms with van der Waals surface area (Å²) < 4.78 is 5.81. The van der Waals surface area contributed by atoms with Crippen molar-refractivity contribution in [1.29, 1.82) is 0 Å². The molecule has 0 fully saturated rings. The zero-order valence-electron chi connectivity index (χ0n) is 25.7. The zero-order chi connectivity index (χ0) is 30.9. The second-order valence-electron chi connectivity index (χ2n) is 11.3. The molecule has 1 amide bonds. The van der Waals surface area contributed by atoms with Gasteiger partial charge in [0.05, 0.1) is 12.2 Å². The number of fused-ring (bicyclic) bond motifs is 1. The van der Waals surface area contributed by atoms with Gasteiger partial charge in [0.1, 0.15) is 5.75 Å². The molecule has 43 heavy (non-hydrogen) atoms. The standard InChI is InChI=1S/C23H27NO2.C15H14O2/c1-15(2)17(4)21-12-20(10-9-16(21)3)23(25)24-13-18-11-19-7-5-6-8-22(19)26-14-18;1-2-11-7-9-12(10-8-11)13-5-3-4-6-14(13)15(16)17/h5-10,12,18H,11,13-14H2,1-4H3,(H,24,25);3-10H,2H2,1H3,(H,16,17). The maximum Gasteiger partial charge on any atom is 0.336 e. The molecular weight excluding hydrogens is 534 g/mol. The van der Waals surface area contributed by atoms with Crippen molar-refractivity contribution in [1.82, 2.24) is 5.32 Å². The molecule has 1 atom stereocenters. The number of aromatic carboxylic acids is 1. The summed E-state index contributed by atoms with van der Waals surface area (Å²) in [4.78, 5) is 23.7. The van der Waals surface area contributed by atoms with E-state index in [1.165, 1.54) is 27.8 Å². The molecule has 5 nitrogen and oxygen atoms in total. The third-order valence-corrected chi connectivity index (χ3v) is 7.99. The molecule has 222 valence electrons. The van der Waals surface area contributed by atoms with E-state index in [0.29, 0.717) is 30.2 Å². The second-order valence-corrected chi connectivity index (χ2v) is 11.3. The molecule has 1 heterocycles. The zero-order valence-corrected chi connectivity index (χ0v) is 25.7. The quantitative estimate of drug-likeness (QED) is 0.232. The third kappa shape index (κ3) is 8.01. The Balaban J connectivity index is 0.000000215. The highest BCUT2D eigenvalue weighted by molar-refractivity contribution is 5.96. The summed E-state index contributed by atoms with van der Waals surface area (Å²) in [5, 5.41) is 12.2. The number of carbonyl (C=O) groups excluding carboxylic acids is 1. The lowest BCUT2D eigenvalue weighted by molar-refractivity contribution is 0.0697. The molecule has 1 aliphatic heterocycles. The van der Waals surface area contributed by atoms with Gasteiger partial charge in [-0.3, -0.25) is 4.79 Å². The van der Waals surface area contributed by atoms with Crippen LogP contribution in [0.15, 0.2) is 96.6 Å². The lowest BCUT2D eigenvalue weighted by atomic mass is 9.95. The molecule has 0 aromatic heterocycles. The number of ether oxygens (including phenoxy) is 1. The SMILES string of the molecule is CC(C)=C(C)c1cc(C(=O)NCC2COc3ccccc3C2)ccc1C.CCc1ccc(-c2ccccc2C(=O)O)cc1. The number of nitrogens with one attached hydrogen (secondary N) is 1. The van der Waals surface area contributed by atoms with Crippen LogP contribution in [0.2, 0.25) is 0 Å². The van der Waals surface area contributed by atoms with Gasteiger partial charge < -0.3 is 15.2 Å². The average Bonchev–Trinajstić information content (AvgIpc) is 3.03. The van der Waals surface area contributed by atoms with Gasteiger partial charge in [0.15, 0.2) is 0 Å². The van der Waals surface area contributed by atoms with E-state index in [1.54, 1.807) is 12.1 Å².